The van der Waals surface area contributed by atoms with Crippen LogP contribution in [0.15, 0.2) is 36.7 Å². The molecular weight excluding hydrogens is 268 g/mol. The second-order valence-electron chi connectivity index (χ2n) is 5.18. The number of nitrogens with zero attached hydrogens (tertiary/aromatic N) is 4. The SMILES string of the molecule is COc1ccc(CCC(=O)N2CC(n3ccnn3)C2)cc1. The fraction of sp³-hybridized carbons (Fsp3) is 0.400. The van der Waals surface area contributed by atoms with Gasteiger partial charge in [-0.15, -0.1) is 5.10 Å². The van der Waals surface area contributed by atoms with E-state index in [0.717, 1.165) is 30.8 Å². The first-order valence-corrected chi connectivity index (χ1v) is 7.03. The number of aromatic nitrogens is 3. The van der Waals surface area contributed by atoms with Gasteiger partial charge in [0.25, 0.3) is 0 Å². The topological polar surface area (TPSA) is 60.2 Å². The molecule has 0 aliphatic carbocycles. The van der Waals surface area contributed by atoms with E-state index in [1.54, 1.807) is 13.3 Å². The molecule has 1 aromatic heterocycles. The van der Waals surface area contributed by atoms with Crippen LogP contribution in [-0.4, -0.2) is 46.0 Å². The first kappa shape index (κ1) is 13.6. The van der Waals surface area contributed by atoms with Crippen LogP contribution < -0.4 is 4.74 Å². The van der Waals surface area contributed by atoms with Gasteiger partial charge in [0, 0.05) is 25.7 Å². The fourth-order valence-electron chi connectivity index (χ4n) is 2.44. The molecule has 0 N–H and O–H groups in total. The van der Waals surface area contributed by atoms with Gasteiger partial charge in [-0.05, 0) is 24.1 Å². The molecule has 0 bridgehead atoms. The maximum Gasteiger partial charge on any atom is 0.223 e. The van der Waals surface area contributed by atoms with Crippen molar-refractivity contribution in [2.45, 2.75) is 18.9 Å². The number of methoxy groups -OCH3 is 1. The molecule has 6 heteroatoms. The van der Waals surface area contributed by atoms with Crippen molar-refractivity contribution in [1.29, 1.82) is 0 Å². The molecule has 0 unspecified atom stereocenters. The molecule has 0 atom stereocenters. The van der Waals surface area contributed by atoms with Crippen LogP contribution in [-0.2, 0) is 11.2 Å². The minimum absolute atomic E-state index is 0.196. The molecule has 6 nitrogen and oxygen atoms in total. The minimum atomic E-state index is 0.196. The third-order valence-corrected chi connectivity index (χ3v) is 3.82. The lowest BCUT2D eigenvalue weighted by molar-refractivity contribution is -0.137. The molecule has 0 radical (unpaired) electrons. The van der Waals surface area contributed by atoms with E-state index in [4.69, 9.17) is 4.74 Å². The third kappa shape index (κ3) is 3.04. The zero-order valence-electron chi connectivity index (χ0n) is 12.0. The van der Waals surface area contributed by atoms with Crippen molar-refractivity contribution < 1.29 is 9.53 Å². The summed E-state index contributed by atoms with van der Waals surface area (Å²) < 4.78 is 6.93. The van der Waals surface area contributed by atoms with Gasteiger partial charge in [-0.2, -0.15) is 0 Å². The Balaban J connectivity index is 1.45. The molecule has 1 fully saturated rings. The highest BCUT2D eigenvalue weighted by atomic mass is 16.5. The normalized spacial score (nSPS) is 14.8. The average Bonchev–Trinajstić information content (AvgIpc) is 2.98. The van der Waals surface area contributed by atoms with Gasteiger partial charge in [0.15, 0.2) is 0 Å². The molecule has 1 amide bonds. The summed E-state index contributed by atoms with van der Waals surface area (Å²) in [6.45, 7) is 1.45. The van der Waals surface area contributed by atoms with Crippen LogP contribution in [0.3, 0.4) is 0 Å². The fourth-order valence-corrected chi connectivity index (χ4v) is 2.44. The molecule has 1 aliphatic rings. The molecule has 0 saturated carbocycles. The maximum absolute atomic E-state index is 12.1. The summed E-state index contributed by atoms with van der Waals surface area (Å²) in [5, 5.41) is 7.74. The highest BCUT2D eigenvalue weighted by Gasteiger charge is 2.31. The first-order chi connectivity index (χ1) is 10.3. The summed E-state index contributed by atoms with van der Waals surface area (Å²) in [6.07, 6.45) is 4.79. The second kappa shape index (κ2) is 5.95. The van der Waals surface area contributed by atoms with Gasteiger partial charge in [-0.3, -0.25) is 4.79 Å². The summed E-state index contributed by atoms with van der Waals surface area (Å²) in [6, 6.07) is 8.12. The Morgan fingerprint density at radius 2 is 2.10 bits per heavy atom. The van der Waals surface area contributed by atoms with Gasteiger partial charge in [0.2, 0.25) is 5.91 Å². The Labute approximate surface area is 123 Å². The molecule has 1 aromatic carbocycles. The Hall–Kier alpha value is -2.37. The third-order valence-electron chi connectivity index (χ3n) is 3.82. The Morgan fingerprint density at radius 1 is 1.33 bits per heavy atom. The summed E-state index contributed by atoms with van der Waals surface area (Å²) in [7, 11) is 1.65. The smallest absolute Gasteiger partial charge is 0.223 e. The van der Waals surface area contributed by atoms with Gasteiger partial charge >= 0.3 is 0 Å². The number of likely N-dealkylation sites (tertiary alicyclic amines) is 1. The highest BCUT2D eigenvalue weighted by molar-refractivity contribution is 5.77. The van der Waals surface area contributed by atoms with Crippen LogP contribution >= 0.6 is 0 Å². The highest BCUT2D eigenvalue weighted by Crippen LogP contribution is 2.21. The summed E-state index contributed by atoms with van der Waals surface area (Å²) in [5.74, 6) is 1.03. The molecule has 3 rings (SSSR count). The van der Waals surface area contributed by atoms with E-state index < -0.39 is 0 Å². The van der Waals surface area contributed by atoms with Crippen molar-refractivity contribution in [2.75, 3.05) is 20.2 Å². The number of aryl methyl sites for hydroxylation is 1. The summed E-state index contributed by atoms with van der Waals surface area (Å²) in [4.78, 5) is 14.0. The van der Waals surface area contributed by atoms with Crippen molar-refractivity contribution in [1.82, 2.24) is 19.9 Å². The quantitative estimate of drug-likeness (QED) is 0.831. The monoisotopic (exact) mass is 286 g/mol. The number of carbonyl (C=O) groups excluding carboxylic acids is 1. The van der Waals surface area contributed by atoms with Gasteiger partial charge in [0.05, 0.1) is 19.3 Å². The van der Waals surface area contributed by atoms with E-state index in [1.165, 1.54) is 0 Å². The van der Waals surface area contributed by atoms with Gasteiger partial charge in [-0.1, -0.05) is 17.3 Å². The van der Waals surface area contributed by atoms with Crippen LogP contribution in [0.4, 0.5) is 0 Å². The van der Waals surface area contributed by atoms with Crippen molar-refractivity contribution in [3.63, 3.8) is 0 Å². The number of ether oxygens (including phenoxy) is 1. The second-order valence-corrected chi connectivity index (χ2v) is 5.18. The first-order valence-electron chi connectivity index (χ1n) is 7.03. The standard InChI is InChI=1S/C15H18N4O2/c1-21-14-5-2-12(3-6-14)4-7-15(20)18-10-13(11-18)19-9-8-16-17-19/h2-3,5-6,8-9,13H,4,7,10-11H2,1H3. The molecule has 0 spiro atoms. The Kier molecular flexibility index (Phi) is 3.85. The molecule has 110 valence electrons. The summed E-state index contributed by atoms with van der Waals surface area (Å²) >= 11 is 0. The predicted molar refractivity (Wildman–Crippen MR) is 77.0 cm³/mol. The molecular formula is C15H18N4O2. The van der Waals surface area contributed by atoms with Crippen LogP contribution in [0.2, 0.25) is 0 Å². The van der Waals surface area contributed by atoms with E-state index in [-0.39, 0.29) is 11.9 Å². The zero-order chi connectivity index (χ0) is 14.7. The molecule has 21 heavy (non-hydrogen) atoms. The van der Waals surface area contributed by atoms with Crippen molar-refractivity contribution >= 4 is 5.91 Å². The lowest BCUT2D eigenvalue weighted by Crippen LogP contribution is -2.50. The average molecular weight is 286 g/mol. The number of benzene rings is 1. The Morgan fingerprint density at radius 3 is 2.71 bits per heavy atom. The maximum atomic E-state index is 12.1. The predicted octanol–water partition coefficient (Wildman–Crippen LogP) is 1.30. The van der Waals surface area contributed by atoms with Crippen LogP contribution in [0.5, 0.6) is 5.75 Å². The molecule has 2 aromatic rings. The molecule has 1 saturated heterocycles. The minimum Gasteiger partial charge on any atom is -0.497 e. The zero-order valence-corrected chi connectivity index (χ0v) is 12.0. The van der Waals surface area contributed by atoms with E-state index in [0.29, 0.717) is 6.42 Å². The van der Waals surface area contributed by atoms with Crippen LogP contribution in [0.1, 0.15) is 18.0 Å². The number of amides is 1. The Bertz CT molecular complexity index is 589. The van der Waals surface area contributed by atoms with Crippen molar-refractivity contribution in [2.24, 2.45) is 0 Å². The lowest BCUT2D eigenvalue weighted by Gasteiger charge is -2.38. The largest absolute Gasteiger partial charge is 0.497 e. The van der Waals surface area contributed by atoms with E-state index >= 15 is 0 Å². The van der Waals surface area contributed by atoms with Crippen LogP contribution in [0, 0.1) is 0 Å². The van der Waals surface area contributed by atoms with Gasteiger partial charge in [-0.25, -0.2) is 4.68 Å². The van der Waals surface area contributed by atoms with E-state index in [1.807, 2.05) is 40.0 Å². The van der Waals surface area contributed by atoms with Crippen molar-refractivity contribution in [3.8, 4) is 5.75 Å². The number of hydrogen-bond acceptors (Lipinski definition) is 4. The number of hydrogen-bond donors (Lipinski definition) is 0. The van der Waals surface area contributed by atoms with E-state index in [2.05, 4.69) is 10.3 Å². The number of carbonyl (C=O) groups is 1. The van der Waals surface area contributed by atoms with Crippen molar-refractivity contribution in [3.05, 3.63) is 42.2 Å². The van der Waals surface area contributed by atoms with Crippen LogP contribution in [0.25, 0.3) is 0 Å². The lowest BCUT2D eigenvalue weighted by atomic mass is 10.1. The summed E-state index contributed by atoms with van der Waals surface area (Å²) in [5.41, 5.74) is 1.15. The van der Waals surface area contributed by atoms with Gasteiger partial charge in [0.1, 0.15) is 5.75 Å². The van der Waals surface area contributed by atoms with E-state index in [9.17, 15) is 4.79 Å². The van der Waals surface area contributed by atoms with Gasteiger partial charge < -0.3 is 9.64 Å². The number of rotatable bonds is 5. The molecule has 1 aliphatic heterocycles. The molecule has 2 heterocycles.